The normalized spacial score (nSPS) is 22.1. The molecule has 0 bridgehead atoms. The van der Waals surface area contributed by atoms with E-state index in [-0.39, 0.29) is 29.0 Å². The maximum Gasteiger partial charge on any atom is 0.256 e. The monoisotopic (exact) mass is 298 g/mol. The van der Waals surface area contributed by atoms with Gasteiger partial charge in [-0.3, -0.25) is 9.59 Å². The summed E-state index contributed by atoms with van der Waals surface area (Å²) in [7, 11) is 0. The second-order valence-electron chi connectivity index (χ2n) is 5.25. The molecule has 1 aromatic rings. The average molecular weight is 299 g/mol. The molecule has 1 heterocycles. The summed E-state index contributed by atoms with van der Waals surface area (Å²) in [6.45, 7) is 4.12. The number of aryl methyl sites for hydroxylation is 1. The summed E-state index contributed by atoms with van der Waals surface area (Å²) in [6, 6.07) is 3.02. The molecule has 2 atom stereocenters. The Morgan fingerprint density at radius 1 is 1.40 bits per heavy atom. The Kier molecular flexibility index (Phi) is 3.99. The molecule has 0 unspecified atom stereocenters. The van der Waals surface area contributed by atoms with Crippen molar-refractivity contribution in [2.45, 2.75) is 13.8 Å². The molecular formula is C14H16ClFN2O2. The highest BCUT2D eigenvalue weighted by molar-refractivity contribution is 6.31. The molecule has 0 radical (unpaired) electrons. The summed E-state index contributed by atoms with van der Waals surface area (Å²) in [4.78, 5) is 25.0. The van der Waals surface area contributed by atoms with E-state index in [1.807, 2.05) is 6.92 Å². The SMILES string of the molecule is Cc1ccc(C(=O)N2C[C@@H](C)[C@H](C(N)=O)C2)c(F)c1Cl. The van der Waals surface area contributed by atoms with Crippen molar-refractivity contribution in [2.75, 3.05) is 13.1 Å². The topological polar surface area (TPSA) is 63.4 Å². The smallest absolute Gasteiger partial charge is 0.256 e. The van der Waals surface area contributed by atoms with Crippen LogP contribution in [-0.4, -0.2) is 29.8 Å². The lowest BCUT2D eigenvalue weighted by Crippen LogP contribution is -2.32. The Bertz CT molecular complexity index is 577. The number of benzene rings is 1. The minimum absolute atomic E-state index is 0.0274. The summed E-state index contributed by atoms with van der Waals surface area (Å²) in [5.41, 5.74) is 5.79. The van der Waals surface area contributed by atoms with Crippen LogP contribution in [0.15, 0.2) is 12.1 Å². The number of nitrogens with two attached hydrogens (primary N) is 1. The van der Waals surface area contributed by atoms with Crippen LogP contribution in [0.25, 0.3) is 0 Å². The van der Waals surface area contributed by atoms with E-state index >= 15 is 0 Å². The first-order valence-corrected chi connectivity index (χ1v) is 6.74. The molecule has 1 aromatic carbocycles. The number of hydrogen-bond acceptors (Lipinski definition) is 2. The highest BCUT2D eigenvalue weighted by Gasteiger charge is 2.36. The lowest BCUT2D eigenvalue weighted by Gasteiger charge is -2.17. The van der Waals surface area contributed by atoms with Crippen LogP contribution < -0.4 is 5.73 Å². The van der Waals surface area contributed by atoms with Crippen LogP contribution in [0.4, 0.5) is 4.39 Å². The molecule has 1 saturated heterocycles. The first-order valence-electron chi connectivity index (χ1n) is 6.36. The van der Waals surface area contributed by atoms with Crippen molar-refractivity contribution in [1.82, 2.24) is 4.90 Å². The summed E-state index contributed by atoms with van der Waals surface area (Å²) >= 11 is 5.82. The first-order chi connectivity index (χ1) is 9.32. The number of nitrogens with zero attached hydrogens (tertiary/aromatic N) is 1. The summed E-state index contributed by atoms with van der Waals surface area (Å²) in [6.07, 6.45) is 0. The van der Waals surface area contributed by atoms with Gasteiger partial charge >= 0.3 is 0 Å². The van der Waals surface area contributed by atoms with Crippen molar-refractivity contribution in [3.05, 3.63) is 34.1 Å². The second-order valence-corrected chi connectivity index (χ2v) is 5.63. The highest BCUT2D eigenvalue weighted by atomic mass is 35.5. The van der Waals surface area contributed by atoms with Gasteiger partial charge in [0, 0.05) is 13.1 Å². The third kappa shape index (κ3) is 2.50. The van der Waals surface area contributed by atoms with Crippen LogP contribution in [0.1, 0.15) is 22.8 Å². The zero-order valence-corrected chi connectivity index (χ0v) is 12.1. The maximum atomic E-state index is 14.0. The molecular weight excluding hydrogens is 283 g/mol. The first kappa shape index (κ1) is 14.8. The largest absolute Gasteiger partial charge is 0.369 e. The number of hydrogen-bond donors (Lipinski definition) is 1. The fourth-order valence-electron chi connectivity index (χ4n) is 2.48. The number of carbonyl (C=O) groups is 2. The Labute approximate surface area is 121 Å². The molecule has 20 heavy (non-hydrogen) atoms. The summed E-state index contributed by atoms with van der Waals surface area (Å²) in [5.74, 6) is -2.02. The number of primary amides is 1. The van der Waals surface area contributed by atoms with E-state index in [1.54, 1.807) is 13.0 Å². The Balaban J connectivity index is 2.26. The van der Waals surface area contributed by atoms with Crippen LogP contribution in [0.5, 0.6) is 0 Å². The third-order valence-corrected chi connectivity index (χ3v) is 4.23. The van der Waals surface area contributed by atoms with Gasteiger partial charge in [0.05, 0.1) is 16.5 Å². The number of carbonyl (C=O) groups excluding carboxylic acids is 2. The van der Waals surface area contributed by atoms with Crippen molar-refractivity contribution < 1.29 is 14.0 Å². The second kappa shape index (κ2) is 5.40. The number of halogens is 2. The Morgan fingerprint density at radius 2 is 2.05 bits per heavy atom. The third-order valence-electron chi connectivity index (χ3n) is 3.77. The van der Waals surface area contributed by atoms with Crippen LogP contribution in [0.2, 0.25) is 5.02 Å². The van der Waals surface area contributed by atoms with Gasteiger partial charge < -0.3 is 10.6 Å². The lowest BCUT2D eigenvalue weighted by molar-refractivity contribution is -0.122. The van der Waals surface area contributed by atoms with Gasteiger partial charge in [-0.1, -0.05) is 24.6 Å². The van der Waals surface area contributed by atoms with Gasteiger partial charge in [0.15, 0.2) is 5.82 Å². The minimum atomic E-state index is -0.716. The van der Waals surface area contributed by atoms with E-state index in [0.29, 0.717) is 12.1 Å². The molecule has 108 valence electrons. The van der Waals surface area contributed by atoms with Crippen molar-refractivity contribution in [2.24, 2.45) is 17.6 Å². The standard InChI is InChI=1S/C14H16ClFN2O2/c1-7-3-4-9(12(16)11(7)15)14(20)18-5-8(2)10(6-18)13(17)19/h3-4,8,10H,5-6H2,1-2H3,(H2,17,19)/t8-,10-/m1/s1. The van der Waals surface area contributed by atoms with Gasteiger partial charge in [-0.25, -0.2) is 4.39 Å². The van der Waals surface area contributed by atoms with Gasteiger partial charge in [-0.15, -0.1) is 0 Å². The highest BCUT2D eigenvalue weighted by Crippen LogP contribution is 2.27. The number of likely N-dealkylation sites (tertiary alicyclic amines) is 1. The molecule has 4 nitrogen and oxygen atoms in total. The van der Waals surface area contributed by atoms with E-state index in [9.17, 15) is 14.0 Å². The van der Waals surface area contributed by atoms with Crippen molar-refractivity contribution in [3.8, 4) is 0 Å². The van der Waals surface area contributed by atoms with Crippen LogP contribution >= 0.6 is 11.6 Å². The van der Waals surface area contributed by atoms with Gasteiger partial charge in [0.25, 0.3) is 5.91 Å². The summed E-state index contributed by atoms with van der Waals surface area (Å²) < 4.78 is 14.0. The molecule has 1 aliphatic rings. The average Bonchev–Trinajstić information content (AvgIpc) is 2.78. The Hall–Kier alpha value is -1.62. The van der Waals surface area contributed by atoms with Crippen molar-refractivity contribution in [1.29, 1.82) is 0 Å². The van der Waals surface area contributed by atoms with E-state index in [0.717, 1.165) is 0 Å². The number of amides is 2. The fourth-order valence-corrected chi connectivity index (χ4v) is 2.65. The molecule has 2 N–H and O–H groups in total. The van der Waals surface area contributed by atoms with E-state index in [4.69, 9.17) is 17.3 Å². The maximum absolute atomic E-state index is 14.0. The van der Waals surface area contributed by atoms with Crippen molar-refractivity contribution in [3.63, 3.8) is 0 Å². The van der Waals surface area contributed by atoms with Gasteiger partial charge in [-0.2, -0.15) is 0 Å². The predicted octanol–water partition coefficient (Wildman–Crippen LogP) is 1.98. The molecule has 0 saturated carbocycles. The molecule has 0 aliphatic carbocycles. The van der Waals surface area contributed by atoms with E-state index < -0.39 is 17.6 Å². The molecule has 0 spiro atoms. The van der Waals surface area contributed by atoms with Gasteiger partial charge in [0.2, 0.25) is 5.91 Å². The zero-order valence-electron chi connectivity index (χ0n) is 11.3. The molecule has 2 rings (SSSR count). The molecule has 2 amide bonds. The predicted molar refractivity (Wildman–Crippen MR) is 73.9 cm³/mol. The van der Waals surface area contributed by atoms with Gasteiger partial charge in [-0.05, 0) is 24.5 Å². The van der Waals surface area contributed by atoms with E-state index in [1.165, 1.54) is 11.0 Å². The lowest BCUT2D eigenvalue weighted by atomic mass is 9.98. The molecule has 6 heteroatoms. The summed E-state index contributed by atoms with van der Waals surface area (Å²) in [5, 5.41) is -0.0467. The van der Waals surface area contributed by atoms with E-state index in [2.05, 4.69) is 0 Å². The zero-order chi connectivity index (χ0) is 15.0. The van der Waals surface area contributed by atoms with Gasteiger partial charge in [0.1, 0.15) is 0 Å². The number of rotatable bonds is 2. The van der Waals surface area contributed by atoms with Crippen LogP contribution in [0, 0.1) is 24.6 Å². The molecule has 1 aliphatic heterocycles. The van der Waals surface area contributed by atoms with Crippen molar-refractivity contribution >= 4 is 23.4 Å². The fraction of sp³-hybridized carbons (Fsp3) is 0.429. The Morgan fingerprint density at radius 3 is 2.60 bits per heavy atom. The van der Waals surface area contributed by atoms with Crippen LogP contribution in [0.3, 0.4) is 0 Å². The van der Waals surface area contributed by atoms with Crippen LogP contribution in [-0.2, 0) is 4.79 Å². The molecule has 1 fully saturated rings. The quantitative estimate of drug-likeness (QED) is 0.907. The molecule has 0 aromatic heterocycles. The minimum Gasteiger partial charge on any atom is -0.369 e.